The first-order chi connectivity index (χ1) is 18.7. The van der Waals surface area contributed by atoms with Crippen LogP contribution in [0.4, 0.5) is 37.7 Å². The summed E-state index contributed by atoms with van der Waals surface area (Å²) in [6.45, 7) is 2.12. The third kappa shape index (κ3) is 8.87. The number of rotatable bonds is 12. The van der Waals surface area contributed by atoms with Gasteiger partial charge in [-0.25, -0.2) is 8.42 Å². The molecule has 1 saturated heterocycles. The van der Waals surface area contributed by atoms with E-state index < -0.39 is 52.0 Å². The Morgan fingerprint density at radius 2 is 1.43 bits per heavy atom. The summed E-state index contributed by atoms with van der Waals surface area (Å²) >= 11 is 0. The van der Waals surface area contributed by atoms with E-state index in [4.69, 9.17) is 14.2 Å². The fraction of sp³-hybridized carbons (Fsp3) is 0.500. The average molecular weight is 603 g/mol. The van der Waals surface area contributed by atoms with Crippen LogP contribution in [-0.4, -0.2) is 73.5 Å². The lowest BCUT2D eigenvalue weighted by Gasteiger charge is -2.31. The van der Waals surface area contributed by atoms with Crippen LogP contribution in [0, 0.1) is 0 Å². The highest BCUT2D eigenvalue weighted by Gasteiger charge is 2.32. The Balaban J connectivity index is 2.04. The standard InChI is InChI=1S/C24H28F6N2O7S/c1-3-36-20-13-18(32-7-9-35-10-8-32)21(37-4-2)12-17(20)31-40(33,34)22-11-16(38-14-23(25,26)27)5-6-19(22)39-15-24(28,29)30/h5-6,11-13,31H,3-4,7-10,14-15H2,1-2H3. The number of morpholine rings is 1. The summed E-state index contributed by atoms with van der Waals surface area (Å²) in [6.07, 6.45) is -9.56. The second-order valence-corrected chi connectivity index (χ2v) is 9.95. The molecule has 3 rings (SSSR count). The molecule has 0 unspecified atom stereocenters. The number of hydrogen-bond acceptors (Lipinski definition) is 8. The Morgan fingerprint density at radius 1 is 0.825 bits per heavy atom. The molecule has 0 radical (unpaired) electrons. The zero-order valence-corrected chi connectivity index (χ0v) is 22.3. The van der Waals surface area contributed by atoms with E-state index >= 15 is 0 Å². The van der Waals surface area contributed by atoms with Crippen molar-refractivity contribution in [2.75, 3.05) is 62.4 Å². The second-order valence-electron chi connectivity index (χ2n) is 8.30. The molecule has 2 aromatic rings. The van der Waals surface area contributed by atoms with Crippen LogP contribution in [0.15, 0.2) is 35.2 Å². The van der Waals surface area contributed by atoms with Gasteiger partial charge in [-0.05, 0) is 26.0 Å². The van der Waals surface area contributed by atoms with Crippen molar-refractivity contribution in [3.63, 3.8) is 0 Å². The number of ether oxygens (including phenoxy) is 5. The summed E-state index contributed by atoms with van der Waals surface area (Å²) in [7, 11) is -4.77. The Kier molecular flexibility index (Phi) is 10.1. The highest BCUT2D eigenvalue weighted by atomic mass is 32.2. The number of nitrogens with one attached hydrogen (secondary N) is 1. The molecule has 0 aromatic heterocycles. The minimum absolute atomic E-state index is 0.0817. The van der Waals surface area contributed by atoms with Crippen LogP contribution in [-0.2, 0) is 14.8 Å². The fourth-order valence-electron chi connectivity index (χ4n) is 3.66. The van der Waals surface area contributed by atoms with Crippen molar-refractivity contribution >= 4 is 21.4 Å². The molecule has 1 heterocycles. The lowest BCUT2D eigenvalue weighted by atomic mass is 10.2. The number of nitrogens with zero attached hydrogens (tertiary/aromatic N) is 1. The monoisotopic (exact) mass is 602 g/mol. The van der Waals surface area contributed by atoms with Crippen LogP contribution in [0.25, 0.3) is 0 Å². The molecule has 16 heteroatoms. The van der Waals surface area contributed by atoms with Gasteiger partial charge in [-0.1, -0.05) is 0 Å². The maximum Gasteiger partial charge on any atom is 0.422 e. The van der Waals surface area contributed by atoms with Gasteiger partial charge in [0.2, 0.25) is 0 Å². The maximum absolute atomic E-state index is 13.4. The van der Waals surface area contributed by atoms with Gasteiger partial charge >= 0.3 is 12.4 Å². The summed E-state index contributed by atoms with van der Waals surface area (Å²) in [6, 6.07) is 5.21. The predicted molar refractivity (Wildman–Crippen MR) is 132 cm³/mol. The molecule has 224 valence electrons. The van der Waals surface area contributed by atoms with Crippen LogP contribution < -0.4 is 28.6 Å². The van der Waals surface area contributed by atoms with E-state index in [2.05, 4.69) is 14.2 Å². The van der Waals surface area contributed by atoms with Crippen molar-refractivity contribution in [2.45, 2.75) is 31.1 Å². The largest absolute Gasteiger partial charge is 0.492 e. The van der Waals surface area contributed by atoms with Gasteiger partial charge in [0.1, 0.15) is 27.9 Å². The molecule has 1 aliphatic heterocycles. The first-order valence-electron chi connectivity index (χ1n) is 12.0. The first-order valence-corrected chi connectivity index (χ1v) is 13.5. The zero-order chi connectivity index (χ0) is 29.6. The molecule has 1 aliphatic rings. The van der Waals surface area contributed by atoms with Gasteiger partial charge in [0.15, 0.2) is 13.2 Å². The summed E-state index contributed by atoms with van der Waals surface area (Å²) < 4.78 is 131. The smallest absolute Gasteiger partial charge is 0.422 e. The zero-order valence-electron chi connectivity index (χ0n) is 21.5. The van der Waals surface area contributed by atoms with Crippen LogP contribution in [0.2, 0.25) is 0 Å². The van der Waals surface area contributed by atoms with E-state index in [1.807, 2.05) is 4.90 Å². The summed E-state index contributed by atoms with van der Waals surface area (Å²) in [5.41, 5.74) is 0.485. The van der Waals surface area contributed by atoms with E-state index in [1.54, 1.807) is 19.9 Å². The third-order valence-corrected chi connectivity index (χ3v) is 6.64. The lowest BCUT2D eigenvalue weighted by Crippen LogP contribution is -2.36. The molecule has 0 aliphatic carbocycles. The molecule has 1 fully saturated rings. The van der Waals surface area contributed by atoms with E-state index in [1.165, 1.54) is 6.07 Å². The Hall–Kier alpha value is -3.27. The van der Waals surface area contributed by atoms with Crippen LogP contribution in [0.1, 0.15) is 13.8 Å². The predicted octanol–water partition coefficient (Wildman–Crippen LogP) is 5.00. The van der Waals surface area contributed by atoms with Crippen LogP contribution in [0.3, 0.4) is 0 Å². The van der Waals surface area contributed by atoms with Gasteiger partial charge in [0, 0.05) is 31.3 Å². The SMILES string of the molecule is CCOc1cc(N2CCOCC2)c(OCC)cc1NS(=O)(=O)c1cc(OCC(F)(F)F)ccc1OCC(F)(F)F. The van der Waals surface area contributed by atoms with Gasteiger partial charge in [0.25, 0.3) is 10.0 Å². The minimum Gasteiger partial charge on any atom is -0.492 e. The topological polar surface area (TPSA) is 95.6 Å². The van der Waals surface area contributed by atoms with Crippen molar-refractivity contribution in [2.24, 2.45) is 0 Å². The lowest BCUT2D eigenvalue weighted by molar-refractivity contribution is -0.154. The molecule has 1 N–H and O–H groups in total. The first kappa shape index (κ1) is 31.3. The van der Waals surface area contributed by atoms with Gasteiger partial charge in [0.05, 0.1) is 37.8 Å². The third-order valence-electron chi connectivity index (χ3n) is 5.26. The van der Waals surface area contributed by atoms with Gasteiger partial charge in [-0.2, -0.15) is 26.3 Å². The van der Waals surface area contributed by atoms with Crippen molar-refractivity contribution in [3.05, 3.63) is 30.3 Å². The van der Waals surface area contributed by atoms with E-state index in [-0.39, 0.29) is 24.7 Å². The van der Waals surface area contributed by atoms with E-state index in [0.717, 1.165) is 12.1 Å². The number of alkyl halides is 6. The highest BCUT2D eigenvalue weighted by molar-refractivity contribution is 7.92. The Labute approximate surface area is 226 Å². The quantitative estimate of drug-likeness (QED) is 0.339. The van der Waals surface area contributed by atoms with Crippen LogP contribution >= 0.6 is 0 Å². The normalized spacial score (nSPS) is 14.6. The Morgan fingerprint density at radius 3 is 2.02 bits per heavy atom. The number of hydrogen-bond donors (Lipinski definition) is 1. The van der Waals surface area contributed by atoms with E-state index in [9.17, 15) is 34.8 Å². The molecular formula is C24H28F6N2O7S. The second kappa shape index (κ2) is 12.9. The van der Waals surface area contributed by atoms with E-state index in [0.29, 0.717) is 43.8 Å². The molecule has 0 spiro atoms. The summed E-state index contributed by atoms with van der Waals surface area (Å²) in [5, 5.41) is 0. The maximum atomic E-state index is 13.4. The molecule has 40 heavy (non-hydrogen) atoms. The fourth-order valence-corrected chi connectivity index (χ4v) is 4.88. The molecular weight excluding hydrogens is 574 g/mol. The number of halogens is 6. The molecule has 0 amide bonds. The van der Waals surface area contributed by atoms with Crippen molar-refractivity contribution in [3.8, 4) is 23.0 Å². The average Bonchev–Trinajstić information content (AvgIpc) is 2.87. The van der Waals surface area contributed by atoms with Gasteiger partial charge in [-0.3, -0.25) is 4.72 Å². The van der Waals surface area contributed by atoms with Crippen molar-refractivity contribution in [1.29, 1.82) is 0 Å². The number of benzene rings is 2. The molecule has 0 saturated carbocycles. The van der Waals surface area contributed by atoms with Crippen molar-refractivity contribution in [1.82, 2.24) is 0 Å². The molecule has 0 atom stereocenters. The molecule has 0 bridgehead atoms. The molecule has 9 nitrogen and oxygen atoms in total. The summed E-state index contributed by atoms with van der Waals surface area (Å²) in [4.78, 5) is 1.08. The molecule has 2 aromatic carbocycles. The van der Waals surface area contributed by atoms with Gasteiger partial charge < -0.3 is 28.6 Å². The van der Waals surface area contributed by atoms with Crippen LogP contribution in [0.5, 0.6) is 23.0 Å². The summed E-state index contributed by atoms with van der Waals surface area (Å²) in [5.74, 6) is -0.934. The number of anilines is 2. The minimum atomic E-state index is -4.82. The number of sulfonamides is 1. The Bertz CT molecular complexity index is 1250. The highest BCUT2D eigenvalue weighted by Crippen LogP contribution is 2.41. The van der Waals surface area contributed by atoms with Crippen molar-refractivity contribution < 1.29 is 58.4 Å². The van der Waals surface area contributed by atoms with Gasteiger partial charge in [-0.15, -0.1) is 0 Å².